The van der Waals surface area contributed by atoms with Gasteiger partial charge >= 0.3 is 5.97 Å². The zero-order valence-corrected chi connectivity index (χ0v) is 21.8. The number of carboxylic acid groups (broad SMARTS) is 1. The fraction of sp³-hybridized carbons (Fsp3) is 0.346. The van der Waals surface area contributed by atoms with Crippen LogP contribution in [-0.2, 0) is 14.8 Å². The van der Waals surface area contributed by atoms with Crippen molar-refractivity contribution < 1.29 is 23.1 Å². The lowest BCUT2D eigenvalue weighted by molar-refractivity contribution is -0.134. The van der Waals surface area contributed by atoms with E-state index >= 15 is 0 Å². The highest BCUT2D eigenvalue weighted by molar-refractivity contribution is 7.93. The molecule has 0 spiro atoms. The van der Waals surface area contributed by atoms with Crippen LogP contribution in [0.2, 0.25) is 0 Å². The molecule has 2 aromatic rings. The maximum atomic E-state index is 13.0. The zero-order valence-electron chi connectivity index (χ0n) is 21.0. The number of aliphatic carboxylic acids is 1. The zero-order chi connectivity index (χ0) is 27.2. The number of hydrogen-bond acceptors (Lipinski definition) is 6. The van der Waals surface area contributed by atoms with Gasteiger partial charge in [0.1, 0.15) is 17.7 Å². The standard InChI is InChI=1S/C26H33N5O5S/c1-18(14-20-4-3-5-21(15-20)26(28)29)16-31(37(34,35)17-25(32)33)22-6-8-23(9-7-22)36-24-10-12-30(13-11-24)19(2)27/h3-9,14-15,24,27H,10-13,16-17H2,1-2H3,(H3,28,29)(H,32,33). The van der Waals surface area contributed by atoms with E-state index < -0.39 is 21.7 Å². The first-order chi connectivity index (χ1) is 17.4. The molecule has 0 saturated carbocycles. The molecule has 1 saturated heterocycles. The Bertz CT molecular complexity index is 1280. The third-order valence-electron chi connectivity index (χ3n) is 5.99. The van der Waals surface area contributed by atoms with E-state index in [1.807, 2.05) is 11.0 Å². The van der Waals surface area contributed by atoms with Gasteiger partial charge < -0.3 is 20.5 Å². The van der Waals surface area contributed by atoms with Crippen LogP contribution in [0.25, 0.3) is 6.08 Å². The minimum Gasteiger partial charge on any atom is -0.490 e. The second kappa shape index (κ2) is 11.9. The number of likely N-dealkylation sites (tertiary alicyclic amines) is 1. The van der Waals surface area contributed by atoms with Gasteiger partial charge in [-0.2, -0.15) is 0 Å². The van der Waals surface area contributed by atoms with Crippen LogP contribution in [0.15, 0.2) is 54.1 Å². The SMILES string of the molecule is CC(=N)N1CCC(Oc2ccc(N(CC(C)=Cc3cccc(C(=N)N)c3)S(=O)(=O)CC(=O)O)cc2)CC1. The van der Waals surface area contributed by atoms with Gasteiger partial charge in [0.25, 0.3) is 0 Å². The highest BCUT2D eigenvalue weighted by atomic mass is 32.2. The van der Waals surface area contributed by atoms with E-state index in [1.54, 1.807) is 62.4 Å². The number of nitrogens with zero attached hydrogens (tertiary/aromatic N) is 2. The van der Waals surface area contributed by atoms with Crippen LogP contribution in [0, 0.1) is 10.8 Å². The molecule has 1 heterocycles. The number of hydrogen-bond donors (Lipinski definition) is 4. The lowest BCUT2D eigenvalue weighted by Crippen LogP contribution is -2.40. The van der Waals surface area contributed by atoms with Crippen LogP contribution in [0.5, 0.6) is 5.75 Å². The summed E-state index contributed by atoms with van der Waals surface area (Å²) in [6.07, 6.45) is 3.34. The summed E-state index contributed by atoms with van der Waals surface area (Å²) in [4.78, 5) is 13.3. The Morgan fingerprint density at radius 1 is 1.16 bits per heavy atom. The fourth-order valence-electron chi connectivity index (χ4n) is 4.13. The highest BCUT2D eigenvalue weighted by Gasteiger charge is 2.26. The van der Waals surface area contributed by atoms with Gasteiger partial charge in [-0.3, -0.25) is 19.9 Å². The number of benzene rings is 2. The summed E-state index contributed by atoms with van der Waals surface area (Å²) in [5.41, 5.74) is 7.85. The Morgan fingerprint density at radius 3 is 2.38 bits per heavy atom. The van der Waals surface area contributed by atoms with E-state index in [0.29, 0.717) is 28.4 Å². The second-order valence-electron chi connectivity index (χ2n) is 9.07. The summed E-state index contributed by atoms with van der Waals surface area (Å²) in [6, 6.07) is 13.6. The van der Waals surface area contributed by atoms with Gasteiger partial charge in [0.15, 0.2) is 5.75 Å². The molecule has 0 aliphatic carbocycles. The van der Waals surface area contributed by atoms with Crippen molar-refractivity contribution in [3.8, 4) is 5.75 Å². The Hall–Kier alpha value is -3.86. The smallest absolute Gasteiger partial charge is 0.320 e. The first-order valence-corrected chi connectivity index (χ1v) is 13.5. The topological polar surface area (TPSA) is 161 Å². The number of anilines is 1. The Balaban J connectivity index is 1.79. The highest BCUT2D eigenvalue weighted by Crippen LogP contribution is 2.26. The Labute approximate surface area is 217 Å². The van der Waals surface area contributed by atoms with Crippen molar-refractivity contribution >= 4 is 39.4 Å². The third-order valence-corrected chi connectivity index (χ3v) is 7.61. The molecule has 0 bridgehead atoms. The van der Waals surface area contributed by atoms with Crippen molar-refractivity contribution in [3.05, 3.63) is 65.2 Å². The maximum absolute atomic E-state index is 13.0. The summed E-state index contributed by atoms with van der Waals surface area (Å²) in [5, 5.41) is 24.5. The largest absolute Gasteiger partial charge is 0.490 e. The van der Waals surface area contributed by atoms with Gasteiger partial charge in [-0.25, -0.2) is 8.42 Å². The van der Waals surface area contributed by atoms with E-state index in [1.165, 1.54) is 0 Å². The molecule has 0 aromatic heterocycles. The van der Waals surface area contributed by atoms with Crippen LogP contribution in [-0.4, -0.2) is 67.6 Å². The third kappa shape index (κ3) is 7.81. The van der Waals surface area contributed by atoms with E-state index in [4.69, 9.17) is 21.3 Å². The first-order valence-electron chi connectivity index (χ1n) is 11.9. The van der Waals surface area contributed by atoms with Gasteiger partial charge in [0, 0.05) is 31.5 Å². The lowest BCUT2D eigenvalue weighted by Gasteiger charge is -2.33. The summed E-state index contributed by atoms with van der Waals surface area (Å²) in [6.45, 7) is 4.97. The van der Waals surface area contributed by atoms with Gasteiger partial charge in [-0.15, -0.1) is 0 Å². The van der Waals surface area contributed by atoms with Crippen molar-refractivity contribution in [2.24, 2.45) is 5.73 Å². The van der Waals surface area contributed by atoms with Gasteiger partial charge in [-0.1, -0.05) is 29.8 Å². The second-order valence-corrected chi connectivity index (χ2v) is 11.0. The molecule has 0 unspecified atom stereocenters. The van der Waals surface area contributed by atoms with Crippen molar-refractivity contribution in [1.29, 1.82) is 10.8 Å². The molecule has 0 atom stereocenters. The Morgan fingerprint density at radius 2 is 1.81 bits per heavy atom. The Kier molecular flexibility index (Phi) is 8.93. The number of amidine groups is 2. The minimum atomic E-state index is -4.17. The summed E-state index contributed by atoms with van der Waals surface area (Å²) in [5.74, 6) is -1.41. The van der Waals surface area contributed by atoms with Crippen molar-refractivity contribution in [2.75, 3.05) is 29.7 Å². The van der Waals surface area contributed by atoms with Gasteiger partial charge in [-0.05, 0) is 49.7 Å². The lowest BCUT2D eigenvalue weighted by atomic mass is 10.1. The molecule has 1 aliphatic rings. The van der Waals surface area contributed by atoms with Crippen LogP contribution in [0.3, 0.4) is 0 Å². The predicted molar refractivity (Wildman–Crippen MR) is 145 cm³/mol. The van der Waals surface area contributed by atoms with Crippen molar-refractivity contribution in [2.45, 2.75) is 32.8 Å². The van der Waals surface area contributed by atoms with Crippen LogP contribution in [0.4, 0.5) is 5.69 Å². The summed E-state index contributed by atoms with van der Waals surface area (Å²) in [7, 11) is -4.17. The molecular formula is C26H33N5O5S. The van der Waals surface area contributed by atoms with E-state index in [2.05, 4.69) is 0 Å². The molecule has 37 heavy (non-hydrogen) atoms. The summed E-state index contributed by atoms with van der Waals surface area (Å²) < 4.78 is 33.1. The van der Waals surface area contributed by atoms with Crippen molar-refractivity contribution in [3.63, 3.8) is 0 Å². The first kappa shape index (κ1) is 27.7. The maximum Gasteiger partial charge on any atom is 0.320 e. The number of nitrogens with one attached hydrogen (secondary N) is 2. The molecule has 1 aliphatic heterocycles. The number of piperidine rings is 1. The van der Waals surface area contributed by atoms with Crippen LogP contribution >= 0.6 is 0 Å². The summed E-state index contributed by atoms with van der Waals surface area (Å²) >= 11 is 0. The number of rotatable bonds is 10. The molecular weight excluding hydrogens is 494 g/mol. The average Bonchev–Trinajstić information content (AvgIpc) is 2.83. The van der Waals surface area contributed by atoms with Crippen molar-refractivity contribution in [1.82, 2.24) is 4.90 Å². The average molecular weight is 528 g/mol. The molecule has 0 radical (unpaired) electrons. The molecule has 2 aromatic carbocycles. The van der Waals surface area contributed by atoms with Gasteiger partial charge in [0.2, 0.25) is 10.0 Å². The molecule has 0 amide bonds. The van der Waals surface area contributed by atoms with E-state index in [0.717, 1.165) is 35.8 Å². The molecule has 3 rings (SSSR count). The normalized spacial score (nSPS) is 14.8. The number of carboxylic acids is 1. The van der Waals surface area contributed by atoms with Crippen LogP contribution in [0.1, 0.15) is 37.8 Å². The minimum absolute atomic E-state index is 0.00393. The van der Waals surface area contributed by atoms with E-state index in [-0.39, 0.29) is 18.5 Å². The molecule has 5 N–H and O–H groups in total. The number of ether oxygens (including phenoxy) is 1. The number of sulfonamides is 1. The van der Waals surface area contributed by atoms with Crippen LogP contribution < -0.4 is 14.8 Å². The monoisotopic (exact) mass is 527 g/mol. The molecule has 10 nitrogen and oxygen atoms in total. The number of carbonyl (C=O) groups is 1. The van der Waals surface area contributed by atoms with Gasteiger partial charge in [0.05, 0.1) is 18.1 Å². The molecule has 11 heteroatoms. The number of nitrogen functional groups attached to an aromatic ring is 1. The molecule has 1 fully saturated rings. The van der Waals surface area contributed by atoms with E-state index in [9.17, 15) is 18.3 Å². The quantitative estimate of drug-likeness (QED) is 0.273. The number of nitrogens with two attached hydrogens (primary N) is 1. The predicted octanol–water partition coefficient (Wildman–Crippen LogP) is 3.14. The molecule has 198 valence electrons. The fourth-order valence-corrected chi connectivity index (χ4v) is 5.44.